The van der Waals surface area contributed by atoms with Crippen molar-refractivity contribution in [2.75, 3.05) is 12.0 Å². The lowest BCUT2D eigenvalue weighted by Gasteiger charge is -2.35. The fraction of sp³-hybridized carbons (Fsp3) is 0.391. The minimum atomic E-state index is -4.00. The maximum absolute atomic E-state index is 11.4. The van der Waals surface area contributed by atoms with Gasteiger partial charge in [0.05, 0.1) is 5.75 Å². The Morgan fingerprint density at radius 2 is 1.93 bits per heavy atom. The van der Waals surface area contributed by atoms with E-state index in [2.05, 4.69) is 47.8 Å². The number of thioether (sulfide) groups is 1. The summed E-state index contributed by atoms with van der Waals surface area (Å²) < 4.78 is 32.2. The second-order valence-corrected chi connectivity index (χ2v) is 11.0. The number of aromatic amines is 1. The molecule has 7 heteroatoms. The number of halogens is 1. The van der Waals surface area contributed by atoms with Crippen LogP contribution < -0.4 is 0 Å². The Hall–Kier alpha value is -1.47. The second kappa shape index (κ2) is 8.58. The number of hydrogen-bond donors (Lipinski definition) is 2. The molecule has 1 unspecified atom stereocenters. The van der Waals surface area contributed by atoms with Gasteiger partial charge in [0, 0.05) is 33.3 Å². The van der Waals surface area contributed by atoms with Gasteiger partial charge in [-0.1, -0.05) is 41.9 Å². The molecule has 3 aromatic rings. The highest BCUT2D eigenvalue weighted by molar-refractivity contribution is 7.97. The molecule has 0 aliphatic heterocycles. The van der Waals surface area contributed by atoms with Crippen LogP contribution in [0.4, 0.5) is 0 Å². The lowest BCUT2D eigenvalue weighted by Crippen LogP contribution is -2.31. The summed E-state index contributed by atoms with van der Waals surface area (Å²) in [6, 6.07) is 14.4. The summed E-state index contributed by atoms with van der Waals surface area (Å²) in [4.78, 5) is 3.51. The molecule has 0 spiro atoms. The van der Waals surface area contributed by atoms with Crippen LogP contribution >= 0.6 is 23.4 Å². The topological polar surface area (TPSA) is 70.2 Å². The molecule has 1 aromatic heterocycles. The molecule has 1 atom stereocenters. The van der Waals surface area contributed by atoms with Gasteiger partial charge in [-0.3, -0.25) is 4.55 Å². The Labute approximate surface area is 187 Å². The van der Waals surface area contributed by atoms with Gasteiger partial charge < -0.3 is 4.98 Å². The van der Waals surface area contributed by atoms with Gasteiger partial charge in [0.25, 0.3) is 10.1 Å². The molecule has 4 nitrogen and oxygen atoms in total. The van der Waals surface area contributed by atoms with Crippen LogP contribution in [-0.2, 0) is 21.3 Å². The maximum Gasteiger partial charge on any atom is 0.264 e. The monoisotopic (exact) mass is 463 g/mol. The van der Waals surface area contributed by atoms with E-state index in [1.54, 1.807) is 11.8 Å². The van der Waals surface area contributed by atoms with Gasteiger partial charge in [0.15, 0.2) is 0 Å². The van der Waals surface area contributed by atoms with Crippen molar-refractivity contribution in [3.8, 4) is 0 Å². The number of nitrogens with one attached hydrogen (secondary N) is 1. The summed E-state index contributed by atoms with van der Waals surface area (Å²) in [5, 5.41) is 1.87. The molecule has 1 aliphatic carbocycles. The molecule has 1 aliphatic rings. The van der Waals surface area contributed by atoms with Gasteiger partial charge in [-0.25, -0.2) is 0 Å². The highest BCUT2D eigenvalue weighted by atomic mass is 35.5. The molecule has 160 valence electrons. The zero-order valence-corrected chi connectivity index (χ0v) is 19.3. The van der Waals surface area contributed by atoms with Crippen molar-refractivity contribution in [3.63, 3.8) is 0 Å². The van der Waals surface area contributed by atoms with Crippen molar-refractivity contribution < 1.29 is 13.0 Å². The Morgan fingerprint density at radius 3 is 2.57 bits per heavy atom. The van der Waals surface area contributed by atoms with E-state index in [4.69, 9.17) is 11.6 Å². The van der Waals surface area contributed by atoms with Crippen LogP contribution in [0.5, 0.6) is 0 Å². The minimum Gasteiger partial charge on any atom is -0.361 e. The third-order valence-electron chi connectivity index (χ3n) is 6.19. The average molecular weight is 464 g/mol. The molecule has 1 fully saturated rings. The Morgan fingerprint density at radius 1 is 1.20 bits per heavy atom. The molecular formula is C23H26ClNO3S2. The average Bonchev–Trinajstić information content (AvgIpc) is 3.45. The van der Waals surface area contributed by atoms with E-state index < -0.39 is 10.1 Å². The first kappa shape index (κ1) is 21.8. The Kier molecular flexibility index (Phi) is 6.22. The van der Waals surface area contributed by atoms with Gasteiger partial charge in [-0.05, 0) is 66.7 Å². The number of hydrogen-bond acceptors (Lipinski definition) is 3. The molecular weight excluding hydrogens is 438 g/mol. The van der Waals surface area contributed by atoms with Crippen molar-refractivity contribution in [2.24, 2.45) is 5.92 Å². The lowest BCUT2D eigenvalue weighted by molar-refractivity contribution is 0.406. The van der Waals surface area contributed by atoms with E-state index in [0.29, 0.717) is 23.8 Å². The lowest BCUT2D eigenvalue weighted by atomic mass is 9.67. The van der Waals surface area contributed by atoms with E-state index in [1.165, 1.54) is 16.5 Å². The summed E-state index contributed by atoms with van der Waals surface area (Å²) in [5.41, 5.74) is 4.47. The van der Waals surface area contributed by atoms with E-state index in [-0.39, 0.29) is 11.2 Å². The van der Waals surface area contributed by atoms with Crippen LogP contribution in [0.3, 0.4) is 0 Å². The number of fused-ring (bicyclic) bond motifs is 1. The van der Waals surface area contributed by atoms with Crippen molar-refractivity contribution >= 4 is 44.4 Å². The summed E-state index contributed by atoms with van der Waals surface area (Å²) >= 11 is 7.97. The molecule has 0 bridgehead atoms. The fourth-order valence-electron chi connectivity index (χ4n) is 4.81. The highest BCUT2D eigenvalue weighted by Crippen LogP contribution is 2.55. The number of H-pyrrole nitrogens is 1. The molecule has 4 rings (SSSR count). The predicted octanol–water partition coefficient (Wildman–Crippen LogP) is 6.05. The first-order chi connectivity index (χ1) is 14.3. The van der Waals surface area contributed by atoms with Crippen LogP contribution in [0.1, 0.15) is 42.4 Å². The molecule has 0 amide bonds. The summed E-state index contributed by atoms with van der Waals surface area (Å²) in [6.45, 7) is 0. The molecule has 1 saturated carbocycles. The van der Waals surface area contributed by atoms with Crippen LogP contribution in [0, 0.1) is 5.92 Å². The molecule has 2 aromatic carbocycles. The third-order valence-corrected chi connectivity index (χ3v) is 7.85. The number of benzene rings is 2. The highest BCUT2D eigenvalue weighted by Gasteiger charge is 2.48. The smallest absolute Gasteiger partial charge is 0.264 e. The van der Waals surface area contributed by atoms with Crippen molar-refractivity contribution in [2.45, 2.75) is 36.9 Å². The van der Waals surface area contributed by atoms with Crippen LogP contribution in [0.15, 0.2) is 48.7 Å². The summed E-state index contributed by atoms with van der Waals surface area (Å²) in [6.07, 6.45) is 7.46. The molecule has 2 N–H and O–H groups in total. The second-order valence-electron chi connectivity index (χ2n) is 8.12. The standard InChI is InChI=1S/C23H26ClNO3S2/c1-29-15-16-4-2-5-20-21(14-25-22(16)20)23(17-6-7-17,12-3-13-30(26,27)28)18-8-10-19(24)11-9-18/h2,4-5,8-11,14,17,25H,3,6-7,12-13,15H2,1H3,(H,26,27,28). The largest absolute Gasteiger partial charge is 0.361 e. The SMILES string of the molecule is CSCc1cccc2c(C(CCCS(=O)(=O)O)(c3ccc(Cl)cc3)C3CC3)c[nH]c12. The van der Waals surface area contributed by atoms with Gasteiger partial charge in [0.2, 0.25) is 0 Å². The first-order valence-corrected chi connectivity index (χ1v) is 13.5. The normalized spacial score (nSPS) is 16.6. The van der Waals surface area contributed by atoms with Gasteiger partial charge in [-0.2, -0.15) is 20.2 Å². The zero-order valence-electron chi connectivity index (χ0n) is 16.9. The van der Waals surface area contributed by atoms with Crippen molar-refractivity contribution in [3.05, 3.63) is 70.4 Å². The van der Waals surface area contributed by atoms with Gasteiger partial charge in [-0.15, -0.1) is 0 Å². The first-order valence-electron chi connectivity index (χ1n) is 10.1. The predicted molar refractivity (Wildman–Crippen MR) is 126 cm³/mol. The van der Waals surface area contributed by atoms with E-state index in [0.717, 1.165) is 29.7 Å². The maximum atomic E-state index is 11.4. The number of para-hydroxylation sites is 1. The zero-order chi connectivity index (χ0) is 21.4. The van der Waals surface area contributed by atoms with E-state index in [9.17, 15) is 13.0 Å². The van der Waals surface area contributed by atoms with Crippen LogP contribution in [0.25, 0.3) is 10.9 Å². The molecule has 0 saturated heterocycles. The minimum absolute atomic E-state index is 0.227. The summed E-state index contributed by atoms with van der Waals surface area (Å²) in [5.74, 6) is 1.13. The Bertz CT molecular complexity index is 1140. The molecule has 0 radical (unpaired) electrons. The van der Waals surface area contributed by atoms with Gasteiger partial charge >= 0.3 is 0 Å². The van der Waals surface area contributed by atoms with E-state index >= 15 is 0 Å². The number of rotatable bonds is 9. The molecule has 1 heterocycles. The van der Waals surface area contributed by atoms with Gasteiger partial charge in [0.1, 0.15) is 0 Å². The fourth-order valence-corrected chi connectivity index (χ4v) is 6.00. The van der Waals surface area contributed by atoms with Crippen LogP contribution in [-0.4, -0.2) is 30.0 Å². The third kappa shape index (κ3) is 4.28. The summed E-state index contributed by atoms with van der Waals surface area (Å²) in [7, 11) is -4.00. The van der Waals surface area contributed by atoms with Crippen LogP contribution in [0.2, 0.25) is 5.02 Å². The quantitative estimate of drug-likeness (QED) is 0.379. The van der Waals surface area contributed by atoms with Crippen molar-refractivity contribution in [1.82, 2.24) is 4.98 Å². The molecule has 30 heavy (non-hydrogen) atoms. The van der Waals surface area contributed by atoms with Crippen molar-refractivity contribution in [1.29, 1.82) is 0 Å². The van der Waals surface area contributed by atoms with E-state index in [1.807, 2.05) is 12.1 Å². The number of aromatic nitrogens is 1. The Balaban J connectivity index is 1.87.